The highest BCUT2D eigenvalue weighted by molar-refractivity contribution is 6.65. The van der Waals surface area contributed by atoms with E-state index in [0.717, 1.165) is 11.1 Å². The van der Waals surface area contributed by atoms with Crippen molar-refractivity contribution in [3.8, 4) is 16.8 Å². The molecule has 1 aliphatic heterocycles. The molecule has 1 aromatic heterocycles. The van der Waals surface area contributed by atoms with Crippen molar-refractivity contribution in [2.75, 3.05) is 0 Å². The van der Waals surface area contributed by atoms with Gasteiger partial charge in [0.15, 0.2) is 0 Å². The summed E-state index contributed by atoms with van der Waals surface area (Å²) in [5.41, 5.74) is 1.56. The lowest BCUT2D eigenvalue weighted by atomic mass is 9.77. The zero-order valence-electron chi connectivity index (χ0n) is 26.5. The predicted molar refractivity (Wildman–Crippen MR) is 142 cm³/mol. The van der Waals surface area contributed by atoms with Crippen LogP contribution in [0.25, 0.3) is 38.6 Å². The fourth-order valence-corrected chi connectivity index (χ4v) is 4.44. The lowest BCUT2D eigenvalue weighted by molar-refractivity contribution is 0.00578. The second kappa shape index (κ2) is 7.59. The topological polar surface area (TPSA) is 23.4 Å². The first-order chi connectivity index (χ1) is 19.3. The van der Waals surface area contributed by atoms with Crippen molar-refractivity contribution in [3.63, 3.8) is 0 Å². The molecule has 0 amide bonds. The van der Waals surface area contributed by atoms with E-state index in [9.17, 15) is 0 Å². The Kier molecular flexibility index (Phi) is 3.31. The van der Waals surface area contributed by atoms with E-state index in [-0.39, 0.29) is 52.0 Å². The lowest BCUT2D eigenvalue weighted by Gasteiger charge is -2.32. The molecule has 1 saturated heterocycles. The Morgan fingerprint density at radius 3 is 2.18 bits per heavy atom. The molecule has 0 radical (unpaired) electrons. The zero-order chi connectivity index (χ0) is 29.6. The highest BCUT2D eigenvalue weighted by Crippen LogP contribution is 2.38. The Morgan fingerprint density at radius 2 is 1.41 bits per heavy atom. The van der Waals surface area contributed by atoms with Gasteiger partial charge in [-0.05, 0) is 57.0 Å². The van der Waals surface area contributed by atoms with Crippen LogP contribution in [-0.4, -0.2) is 22.9 Å². The summed E-state index contributed by atoms with van der Waals surface area (Å²) in [7, 11) is -1.07. The second-order valence-corrected chi connectivity index (χ2v) is 9.58. The van der Waals surface area contributed by atoms with E-state index in [2.05, 4.69) is 0 Å². The maximum absolute atomic E-state index is 8.99. The van der Waals surface area contributed by atoms with Crippen LogP contribution in [-0.2, 0) is 9.31 Å². The van der Waals surface area contributed by atoms with E-state index in [1.54, 1.807) is 4.57 Å². The van der Waals surface area contributed by atoms with Crippen LogP contribution in [0.1, 0.15) is 37.3 Å². The minimum atomic E-state index is -1.07. The highest BCUT2D eigenvalue weighted by Gasteiger charge is 2.52. The Balaban J connectivity index is 1.82. The monoisotopic (exact) mass is 452 g/mol. The van der Waals surface area contributed by atoms with E-state index < -0.39 is 30.4 Å². The molecule has 6 rings (SSSR count). The first kappa shape index (κ1) is 14.8. The number of hydrogen-bond donors (Lipinski definition) is 0. The quantitative estimate of drug-likeness (QED) is 0.283. The van der Waals surface area contributed by atoms with Crippen LogP contribution < -0.4 is 5.46 Å². The van der Waals surface area contributed by atoms with Crippen molar-refractivity contribution < 1.29 is 18.9 Å². The van der Waals surface area contributed by atoms with E-state index in [1.807, 2.05) is 82.3 Å². The number of hydrogen-bond acceptors (Lipinski definition) is 2. The smallest absolute Gasteiger partial charge is 0.399 e. The molecule has 2 heterocycles. The molecule has 1 fully saturated rings. The standard InChI is InChI=1S/C30H28BNO2/c1-29(2)30(3,4)34-31(33-29)26-18-11-17-25-24-16-8-9-19-27(24)32(28(25)26)23-15-10-14-22(20-23)21-12-6-5-7-13-21/h5-20H,1-4H3/i8D,9D,11D,16D,17D,18D,19D. The molecule has 168 valence electrons. The molecule has 0 bridgehead atoms. The molecule has 5 aromatic rings. The minimum absolute atomic E-state index is 0.118. The van der Waals surface area contributed by atoms with Gasteiger partial charge in [0.05, 0.1) is 31.8 Å². The number of para-hydroxylation sites is 2. The summed E-state index contributed by atoms with van der Waals surface area (Å²) >= 11 is 0. The Bertz CT molecular complexity index is 1870. The predicted octanol–water partition coefficient (Wildman–Crippen LogP) is 6.75. The van der Waals surface area contributed by atoms with Gasteiger partial charge >= 0.3 is 7.12 Å². The van der Waals surface area contributed by atoms with Crippen LogP contribution in [0.5, 0.6) is 0 Å². The summed E-state index contributed by atoms with van der Waals surface area (Å²) < 4.78 is 75.6. The summed E-state index contributed by atoms with van der Waals surface area (Å²) in [4.78, 5) is 0. The average Bonchev–Trinajstić information content (AvgIpc) is 3.40. The van der Waals surface area contributed by atoms with Crippen molar-refractivity contribution >= 4 is 34.4 Å². The normalized spacial score (nSPS) is 19.9. The zero-order valence-corrected chi connectivity index (χ0v) is 19.5. The van der Waals surface area contributed by atoms with Crippen molar-refractivity contribution in [1.82, 2.24) is 4.57 Å². The van der Waals surface area contributed by atoms with Gasteiger partial charge in [0.2, 0.25) is 0 Å². The van der Waals surface area contributed by atoms with Gasteiger partial charge in [-0.15, -0.1) is 0 Å². The molecule has 34 heavy (non-hydrogen) atoms. The number of fused-ring (bicyclic) bond motifs is 3. The molecule has 1 aliphatic rings. The SMILES string of the molecule is [2H]c1c([2H])c([2H])c2c(c1[2H])c1c([2H])c([2H])c([2H])c(B3OC(C)(C)C(C)(C)O3)c1n2-c1cccc(-c2ccccc2)c1. The number of rotatable bonds is 3. The van der Waals surface area contributed by atoms with Gasteiger partial charge in [0.1, 0.15) is 0 Å². The highest BCUT2D eigenvalue weighted by atomic mass is 16.7. The molecule has 4 heteroatoms. The number of nitrogens with zero attached hydrogens (tertiary/aromatic N) is 1. The summed E-state index contributed by atoms with van der Waals surface area (Å²) in [6.07, 6.45) is 0. The van der Waals surface area contributed by atoms with Crippen LogP contribution in [0, 0.1) is 0 Å². The Morgan fingerprint density at radius 1 is 0.735 bits per heavy atom. The molecule has 3 nitrogen and oxygen atoms in total. The van der Waals surface area contributed by atoms with Gasteiger partial charge < -0.3 is 13.9 Å². The van der Waals surface area contributed by atoms with Crippen molar-refractivity contribution in [2.45, 2.75) is 38.9 Å². The summed E-state index contributed by atoms with van der Waals surface area (Å²) in [6.45, 7) is 7.54. The lowest BCUT2D eigenvalue weighted by Crippen LogP contribution is -2.41. The van der Waals surface area contributed by atoms with Gasteiger partial charge in [-0.2, -0.15) is 0 Å². The van der Waals surface area contributed by atoms with Crippen LogP contribution in [0.2, 0.25) is 0 Å². The largest absolute Gasteiger partial charge is 0.497 e. The molecule has 0 spiro atoms. The Hall–Kier alpha value is -3.34. The van der Waals surface area contributed by atoms with Crippen LogP contribution >= 0.6 is 0 Å². The number of benzene rings is 4. The van der Waals surface area contributed by atoms with Crippen LogP contribution in [0.15, 0.2) is 96.9 Å². The first-order valence-electron chi connectivity index (χ1n) is 14.8. The third kappa shape index (κ3) is 3.21. The second-order valence-electron chi connectivity index (χ2n) is 9.58. The van der Waals surface area contributed by atoms with E-state index in [4.69, 9.17) is 18.9 Å². The van der Waals surface area contributed by atoms with Gasteiger partial charge in [0, 0.05) is 21.9 Å². The van der Waals surface area contributed by atoms with Crippen LogP contribution in [0.3, 0.4) is 0 Å². The van der Waals surface area contributed by atoms with Gasteiger partial charge in [0.25, 0.3) is 0 Å². The summed E-state index contributed by atoms with van der Waals surface area (Å²) in [5, 5.41) is 0.273. The fourth-order valence-electron chi connectivity index (χ4n) is 4.44. The maximum Gasteiger partial charge on any atom is 0.497 e. The summed E-state index contributed by atoms with van der Waals surface area (Å²) in [6, 6.07) is 14.9. The van der Waals surface area contributed by atoms with Crippen molar-refractivity contribution in [1.29, 1.82) is 0 Å². The van der Waals surface area contributed by atoms with Crippen molar-refractivity contribution in [2.24, 2.45) is 0 Å². The fraction of sp³-hybridized carbons (Fsp3) is 0.200. The van der Waals surface area contributed by atoms with E-state index >= 15 is 0 Å². The third-order valence-electron chi connectivity index (χ3n) is 6.94. The number of aromatic nitrogens is 1. The molecule has 0 atom stereocenters. The van der Waals surface area contributed by atoms with Gasteiger partial charge in [-0.25, -0.2) is 0 Å². The molecule has 0 N–H and O–H groups in total. The van der Waals surface area contributed by atoms with Crippen molar-refractivity contribution in [3.05, 3.63) is 96.9 Å². The third-order valence-corrected chi connectivity index (χ3v) is 6.94. The molecule has 4 aromatic carbocycles. The average molecular weight is 452 g/mol. The first-order valence-corrected chi connectivity index (χ1v) is 11.3. The minimum Gasteiger partial charge on any atom is -0.399 e. The molecular formula is C30H28BNO2. The molecule has 0 saturated carbocycles. The summed E-state index contributed by atoms with van der Waals surface area (Å²) in [5.74, 6) is 0. The van der Waals surface area contributed by atoms with Gasteiger partial charge in [-0.1, -0.05) is 78.7 Å². The van der Waals surface area contributed by atoms with E-state index in [1.165, 1.54) is 0 Å². The van der Waals surface area contributed by atoms with Gasteiger partial charge in [-0.3, -0.25) is 0 Å². The molecule has 0 aliphatic carbocycles. The van der Waals surface area contributed by atoms with E-state index in [0.29, 0.717) is 11.2 Å². The molecular weight excluding hydrogens is 417 g/mol. The van der Waals surface area contributed by atoms with Crippen LogP contribution in [0.4, 0.5) is 0 Å². The Labute approximate surface area is 210 Å². The molecule has 0 unspecified atom stereocenters. The maximum atomic E-state index is 8.99.